The van der Waals surface area contributed by atoms with Crippen LogP contribution in [0.1, 0.15) is 53.5 Å². The molecule has 1 aromatic rings. The maximum absolute atomic E-state index is 13.3. The van der Waals surface area contributed by atoms with Crippen molar-refractivity contribution in [2.75, 3.05) is 20.2 Å². The number of amides is 2. The van der Waals surface area contributed by atoms with Crippen LogP contribution in [0.3, 0.4) is 0 Å². The van der Waals surface area contributed by atoms with E-state index in [-0.39, 0.29) is 23.7 Å². The van der Waals surface area contributed by atoms with Gasteiger partial charge >= 0.3 is 0 Å². The Bertz CT molecular complexity index is 793. The molecule has 2 N–H and O–H groups in total. The van der Waals surface area contributed by atoms with E-state index < -0.39 is 17.1 Å². The molecular formula is C23H35ClN2O4. The maximum Gasteiger partial charge on any atom is 0.245 e. The topological polar surface area (TPSA) is 78.9 Å². The van der Waals surface area contributed by atoms with Gasteiger partial charge in [0.05, 0.1) is 17.7 Å². The van der Waals surface area contributed by atoms with Gasteiger partial charge in [-0.15, -0.1) is 0 Å². The molecule has 6 nitrogen and oxygen atoms in total. The number of piperidine rings is 1. The summed E-state index contributed by atoms with van der Waals surface area (Å²) in [6, 6.07) is 4.71. The fourth-order valence-electron chi connectivity index (χ4n) is 3.99. The molecule has 0 spiro atoms. The predicted molar refractivity (Wildman–Crippen MR) is 118 cm³/mol. The summed E-state index contributed by atoms with van der Waals surface area (Å²) in [5.74, 6) is 0.0329. The molecular weight excluding hydrogens is 404 g/mol. The van der Waals surface area contributed by atoms with Crippen molar-refractivity contribution in [3.8, 4) is 5.75 Å². The highest BCUT2D eigenvalue weighted by molar-refractivity contribution is 6.32. The number of hydrogen-bond donors (Lipinski definition) is 2. The first kappa shape index (κ1) is 24.5. The van der Waals surface area contributed by atoms with E-state index in [2.05, 4.69) is 5.32 Å². The van der Waals surface area contributed by atoms with Gasteiger partial charge in [0.1, 0.15) is 11.8 Å². The van der Waals surface area contributed by atoms with Crippen LogP contribution in [0.25, 0.3) is 0 Å². The number of aliphatic hydroxyl groups is 1. The number of methoxy groups -OCH3 is 1. The number of benzene rings is 1. The van der Waals surface area contributed by atoms with Gasteiger partial charge in [-0.1, -0.05) is 59.2 Å². The first-order valence-corrected chi connectivity index (χ1v) is 10.9. The molecule has 1 saturated heterocycles. The third kappa shape index (κ3) is 4.75. The summed E-state index contributed by atoms with van der Waals surface area (Å²) in [4.78, 5) is 27.2. The van der Waals surface area contributed by atoms with Gasteiger partial charge in [0.2, 0.25) is 11.8 Å². The Balaban J connectivity index is 2.26. The molecule has 0 radical (unpaired) electrons. The number of carbonyl (C=O) groups is 2. The lowest BCUT2D eigenvalue weighted by molar-refractivity contribution is -0.157. The zero-order valence-electron chi connectivity index (χ0n) is 19.1. The van der Waals surface area contributed by atoms with E-state index in [1.54, 1.807) is 24.1 Å². The van der Waals surface area contributed by atoms with E-state index in [0.717, 1.165) is 5.56 Å². The number of likely N-dealkylation sites (tertiary alicyclic amines) is 1. The molecule has 1 fully saturated rings. The Hall–Kier alpha value is -1.79. The standard InChI is InChI=1S/C23H35ClN2O4/c1-14(2)19(25-20(27)15(3)4)21(28)26-11-10-23(29,22(5,6)13-26)16-8-9-17(24)18(12-16)30-7/h8-9,12,14-15,19,29H,10-11,13H2,1-7H3,(H,25,27)/t19-,23?/m1/s1. The molecule has 1 unspecified atom stereocenters. The van der Waals surface area contributed by atoms with Gasteiger partial charge in [-0.25, -0.2) is 0 Å². The third-order valence-corrected chi connectivity index (χ3v) is 6.46. The first-order chi connectivity index (χ1) is 13.8. The average Bonchev–Trinajstić information content (AvgIpc) is 2.67. The van der Waals surface area contributed by atoms with Crippen LogP contribution in [0.5, 0.6) is 5.75 Å². The molecule has 0 saturated carbocycles. The molecule has 2 atom stereocenters. The average molecular weight is 439 g/mol. The Kier molecular flexibility index (Phi) is 7.46. The van der Waals surface area contributed by atoms with Gasteiger partial charge in [-0.3, -0.25) is 9.59 Å². The molecule has 7 heteroatoms. The monoisotopic (exact) mass is 438 g/mol. The summed E-state index contributed by atoms with van der Waals surface area (Å²) < 4.78 is 5.32. The summed E-state index contributed by atoms with van der Waals surface area (Å²) in [5.41, 5.74) is -1.05. The minimum absolute atomic E-state index is 0.0374. The van der Waals surface area contributed by atoms with Crippen molar-refractivity contribution < 1.29 is 19.4 Å². The molecule has 1 aliphatic heterocycles. The number of nitrogens with zero attached hydrogens (tertiary/aromatic N) is 1. The van der Waals surface area contributed by atoms with Crippen LogP contribution < -0.4 is 10.1 Å². The molecule has 1 aromatic carbocycles. The van der Waals surface area contributed by atoms with Gasteiger partial charge in [0.15, 0.2) is 0 Å². The van der Waals surface area contributed by atoms with E-state index >= 15 is 0 Å². The van der Waals surface area contributed by atoms with Crippen LogP contribution in [-0.4, -0.2) is 48.1 Å². The zero-order chi connectivity index (χ0) is 22.9. The molecule has 2 amide bonds. The number of hydrogen-bond acceptors (Lipinski definition) is 4. The number of rotatable bonds is 6. The van der Waals surface area contributed by atoms with Crippen molar-refractivity contribution in [3.63, 3.8) is 0 Å². The molecule has 0 bridgehead atoms. The van der Waals surface area contributed by atoms with Crippen molar-refractivity contribution in [1.82, 2.24) is 10.2 Å². The van der Waals surface area contributed by atoms with Crippen LogP contribution in [0.4, 0.5) is 0 Å². The second-order valence-corrected chi connectivity index (χ2v) is 9.90. The Morgan fingerprint density at radius 3 is 2.37 bits per heavy atom. The van der Waals surface area contributed by atoms with Crippen LogP contribution in [0.2, 0.25) is 5.02 Å². The fraction of sp³-hybridized carbons (Fsp3) is 0.652. The fourth-order valence-corrected chi connectivity index (χ4v) is 4.19. The van der Waals surface area contributed by atoms with Gasteiger partial charge in [-0.05, 0) is 30.0 Å². The predicted octanol–water partition coefficient (Wildman–Crippen LogP) is 3.59. The molecule has 168 valence electrons. The van der Waals surface area contributed by atoms with E-state index in [4.69, 9.17) is 16.3 Å². The van der Waals surface area contributed by atoms with Crippen molar-refractivity contribution in [2.24, 2.45) is 17.3 Å². The minimum Gasteiger partial charge on any atom is -0.495 e. The largest absolute Gasteiger partial charge is 0.495 e. The third-order valence-electron chi connectivity index (χ3n) is 6.14. The van der Waals surface area contributed by atoms with Crippen LogP contribution in [0.15, 0.2) is 18.2 Å². The Labute approximate surface area is 184 Å². The summed E-state index contributed by atoms with van der Waals surface area (Å²) in [6.45, 7) is 12.1. The van der Waals surface area contributed by atoms with Crippen LogP contribution in [0, 0.1) is 17.3 Å². The first-order valence-electron chi connectivity index (χ1n) is 10.5. The van der Waals surface area contributed by atoms with Gasteiger partial charge in [-0.2, -0.15) is 0 Å². The molecule has 1 heterocycles. The molecule has 0 aliphatic carbocycles. The minimum atomic E-state index is -1.14. The van der Waals surface area contributed by atoms with Gasteiger partial charge in [0, 0.05) is 24.4 Å². The SMILES string of the molecule is COc1cc(C2(O)CCN(C(=O)[C@H](NC(=O)C(C)C)C(C)C)CC2(C)C)ccc1Cl. The zero-order valence-corrected chi connectivity index (χ0v) is 19.8. The highest BCUT2D eigenvalue weighted by Gasteiger charge is 2.50. The van der Waals surface area contributed by atoms with E-state index in [1.165, 1.54) is 0 Å². The molecule has 2 rings (SSSR count). The second kappa shape index (κ2) is 9.15. The van der Waals surface area contributed by atoms with E-state index in [9.17, 15) is 14.7 Å². The lowest BCUT2D eigenvalue weighted by Gasteiger charge is -2.51. The number of halogens is 1. The molecule has 30 heavy (non-hydrogen) atoms. The Morgan fingerprint density at radius 1 is 1.23 bits per heavy atom. The number of ether oxygens (including phenoxy) is 1. The molecule has 0 aromatic heterocycles. The molecule has 1 aliphatic rings. The second-order valence-electron chi connectivity index (χ2n) is 9.49. The Morgan fingerprint density at radius 2 is 1.87 bits per heavy atom. The summed E-state index contributed by atoms with van der Waals surface area (Å²) >= 11 is 6.15. The van der Waals surface area contributed by atoms with Crippen molar-refractivity contribution in [1.29, 1.82) is 0 Å². The lowest BCUT2D eigenvalue weighted by Crippen LogP contribution is -2.60. The summed E-state index contributed by atoms with van der Waals surface area (Å²) in [6.07, 6.45) is 0.374. The van der Waals surface area contributed by atoms with Crippen molar-refractivity contribution >= 4 is 23.4 Å². The van der Waals surface area contributed by atoms with Gasteiger partial charge < -0.3 is 20.1 Å². The van der Waals surface area contributed by atoms with E-state index in [1.807, 2.05) is 47.6 Å². The van der Waals surface area contributed by atoms with Crippen molar-refractivity contribution in [3.05, 3.63) is 28.8 Å². The quantitative estimate of drug-likeness (QED) is 0.711. The summed E-state index contributed by atoms with van der Waals surface area (Å²) in [7, 11) is 1.54. The number of carbonyl (C=O) groups excluding carboxylic acids is 2. The van der Waals surface area contributed by atoms with E-state index in [0.29, 0.717) is 30.3 Å². The lowest BCUT2D eigenvalue weighted by atomic mass is 9.66. The van der Waals surface area contributed by atoms with Crippen LogP contribution in [-0.2, 0) is 15.2 Å². The van der Waals surface area contributed by atoms with Gasteiger partial charge in [0.25, 0.3) is 0 Å². The van der Waals surface area contributed by atoms with Crippen molar-refractivity contribution in [2.45, 2.75) is 59.6 Å². The highest BCUT2D eigenvalue weighted by atomic mass is 35.5. The maximum atomic E-state index is 13.3. The summed E-state index contributed by atoms with van der Waals surface area (Å²) in [5, 5.41) is 15.0. The highest BCUT2D eigenvalue weighted by Crippen LogP contribution is 2.47. The smallest absolute Gasteiger partial charge is 0.245 e. The number of nitrogens with one attached hydrogen (secondary N) is 1. The normalized spacial score (nSPS) is 22.2. The van der Waals surface area contributed by atoms with Crippen LogP contribution >= 0.6 is 11.6 Å².